The molecule has 4 rings (SSSR count). The minimum Gasteiger partial charge on any atom is -0.348 e. The molecule has 0 aliphatic carbocycles. The lowest BCUT2D eigenvalue weighted by Gasteiger charge is -2.10. The third-order valence-corrected chi connectivity index (χ3v) is 4.91. The van der Waals surface area contributed by atoms with Crippen molar-refractivity contribution in [2.75, 3.05) is 0 Å². The van der Waals surface area contributed by atoms with E-state index in [0.717, 1.165) is 18.7 Å². The van der Waals surface area contributed by atoms with Gasteiger partial charge in [0.25, 0.3) is 5.91 Å². The zero-order valence-corrected chi connectivity index (χ0v) is 16.2. The molecule has 3 aromatic rings. The van der Waals surface area contributed by atoms with Gasteiger partial charge in [-0.2, -0.15) is 0 Å². The molecule has 2 aromatic carbocycles. The van der Waals surface area contributed by atoms with Gasteiger partial charge >= 0.3 is 11.1 Å². The number of carbonyl (C=O) groups excluding carboxylic acids is 1. The van der Waals surface area contributed by atoms with Crippen molar-refractivity contribution < 1.29 is 4.79 Å². The van der Waals surface area contributed by atoms with Gasteiger partial charge in [0.1, 0.15) is 0 Å². The molecule has 1 amide bonds. The number of nitrogens with zero attached hydrogens (tertiary/aromatic N) is 1. The summed E-state index contributed by atoms with van der Waals surface area (Å²) in [7, 11) is 0. The molecule has 0 fully saturated rings. The zero-order valence-electron chi connectivity index (χ0n) is 15.4. The van der Waals surface area contributed by atoms with Gasteiger partial charge in [0.15, 0.2) is 0 Å². The summed E-state index contributed by atoms with van der Waals surface area (Å²) in [6, 6.07) is 11.2. The van der Waals surface area contributed by atoms with Crippen LogP contribution in [0.15, 0.2) is 46.0 Å². The highest BCUT2D eigenvalue weighted by atomic mass is 35.5. The van der Waals surface area contributed by atoms with E-state index in [2.05, 4.69) is 27.8 Å². The van der Waals surface area contributed by atoms with Crippen molar-refractivity contribution in [2.24, 2.45) is 0 Å². The lowest BCUT2D eigenvalue weighted by molar-refractivity contribution is 0.0951. The van der Waals surface area contributed by atoms with E-state index in [1.807, 2.05) is 6.07 Å². The second-order valence-electron chi connectivity index (χ2n) is 6.62. The number of hydrogen-bond donors (Lipinski definition) is 3. The Morgan fingerprint density at radius 3 is 2.68 bits per heavy atom. The van der Waals surface area contributed by atoms with Crippen LogP contribution < -0.4 is 21.8 Å². The van der Waals surface area contributed by atoms with Gasteiger partial charge < -0.3 is 20.2 Å². The molecule has 1 aliphatic heterocycles. The van der Waals surface area contributed by atoms with E-state index in [4.69, 9.17) is 0 Å². The Morgan fingerprint density at radius 2 is 1.89 bits per heavy atom. The first kappa shape index (κ1) is 19.9. The smallest absolute Gasteiger partial charge is 0.316 e. The fraction of sp³-hybridized carbons (Fsp3) is 0.250. The van der Waals surface area contributed by atoms with Crippen molar-refractivity contribution in [2.45, 2.75) is 33.1 Å². The van der Waals surface area contributed by atoms with Crippen LogP contribution in [0.25, 0.3) is 11.0 Å². The standard InChI is InChI=1S/C20H20N4O3.ClH/c1-2-24-17-6-5-13(8-16(17)23-19(26)20(24)27)18(25)22-9-12-3-4-14-10-21-11-15(14)7-12;/h3-8,21H,2,9-11H2,1H3,(H,22,25)(H,23,26);1H. The maximum Gasteiger partial charge on any atom is 0.316 e. The first-order valence-electron chi connectivity index (χ1n) is 8.93. The molecule has 28 heavy (non-hydrogen) atoms. The van der Waals surface area contributed by atoms with Crippen molar-refractivity contribution in [3.8, 4) is 0 Å². The Balaban J connectivity index is 0.00000225. The van der Waals surface area contributed by atoms with Crippen molar-refractivity contribution in [1.82, 2.24) is 20.2 Å². The van der Waals surface area contributed by atoms with Gasteiger partial charge in [-0.1, -0.05) is 18.2 Å². The highest BCUT2D eigenvalue weighted by Gasteiger charge is 2.12. The lowest BCUT2D eigenvalue weighted by Crippen LogP contribution is -2.36. The molecule has 1 aliphatic rings. The minimum absolute atomic E-state index is 0. The summed E-state index contributed by atoms with van der Waals surface area (Å²) in [5, 5.41) is 6.21. The molecule has 0 spiro atoms. The summed E-state index contributed by atoms with van der Waals surface area (Å²) in [5.41, 5.74) is 3.83. The number of amides is 1. The van der Waals surface area contributed by atoms with Crippen LogP contribution in [0, 0.1) is 0 Å². The predicted molar refractivity (Wildman–Crippen MR) is 110 cm³/mol. The molecule has 0 saturated carbocycles. The summed E-state index contributed by atoms with van der Waals surface area (Å²) in [4.78, 5) is 38.8. The summed E-state index contributed by atoms with van der Waals surface area (Å²) in [6.07, 6.45) is 0. The van der Waals surface area contributed by atoms with Gasteiger partial charge in [-0.3, -0.25) is 14.4 Å². The third kappa shape index (κ3) is 3.58. The second-order valence-corrected chi connectivity index (χ2v) is 6.62. The summed E-state index contributed by atoms with van der Waals surface area (Å²) in [5.74, 6) is -0.231. The Kier molecular flexibility index (Phi) is 5.67. The monoisotopic (exact) mass is 400 g/mol. The number of rotatable bonds is 4. The maximum atomic E-state index is 12.5. The lowest BCUT2D eigenvalue weighted by atomic mass is 10.1. The normalized spacial score (nSPS) is 12.5. The predicted octanol–water partition coefficient (Wildman–Crippen LogP) is 1.66. The van der Waals surface area contributed by atoms with Crippen LogP contribution in [0.5, 0.6) is 0 Å². The molecular formula is C20H21ClN4O3. The number of aryl methyl sites for hydroxylation is 1. The first-order chi connectivity index (χ1) is 13.1. The molecule has 0 radical (unpaired) electrons. The Hall–Kier alpha value is -2.90. The number of fused-ring (bicyclic) bond motifs is 2. The third-order valence-electron chi connectivity index (χ3n) is 4.91. The number of H-pyrrole nitrogens is 1. The second kappa shape index (κ2) is 8.00. The van der Waals surface area contributed by atoms with Gasteiger partial charge in [-0.05, 0) is 41.8 Å². The fourth-order valence-corrected chi connectivity index (χ4v) is 3.48. The Morgan fingerprint density at radius 1 is 1.11 bits per heavy atom. The van der Waals surface area contributed by atoms with Gasteiger partial charge in [0.2, 0.25) is 0 Å². The quantitative estimate of drug-likeness (QED) is 0.580. The number of aromatic nitrogens is 2. The number of nitrogens with one attached hydrogen (secondary N) is 3. The van der Waals surface area contributed by atoms with E-state index >= 15 is 0 Å². The van der Waals surface area contributed by atoms with Crippen molar-refractivity contribution >= 4 is 29.3 Å². The Labute approximate surface area is 167 Å². The van der Waals surface area contributed by atoms with E-state index in [0.29, 0.717) is 29.7 Å². The average molecular weight is 401 g/mol. The van der Waals surface area contributed by atoms with Gasteiger partial charge in [-0.15, -0.1) is 12.4 Å². The van der Waals surface area contributed by atoms with E-state index in [1.165, 1.54) is 15.7 Å². The number of aromatic amines is 1. The topological polar surface area (TPSA) is 96.0 Å². The van der Waals surface area contributed by atoms with E-state index in [1.54, 1.807) is 25.1 Å². The fourth-order valence-electron chi connectivity index (χ4n) is 3.48. The molecule has 0 bridgehead atoms. The number of halogens is 1. The van der Waals surface area contributed by atoms with Gasteiger partial charge in [0.05, 0.1) is 11.0 Å². The highest BCUT2D eigenvalue weighted by Crippen LogP contribution is 2.17. The molecule has 2 heterocycles. The van der Waals surface area contributed by atoms with Crippen LogP contribution in [-0.4, -0.2) is 15.5 Å². The minimum atomic E-state index is -0.686. The number of benzene rings is 2. The Bertz CT molecular complexity index is 1170. The maximum absolute atomic E-state index is 12.5. The molecule has 8 heteroatoms. The van der Waals surface area contributed by atoms with Gasteiger partial charge in [0, 0.05) is 31.7 Å². The summed E-state index contributed by atoms with van der Waals surface area (Å²) >= 11 is 0. The molecule has 0 unspecified atom stereocenters. The van der Waals surface area contributed by atoms with Crippen LogP contribution in [0.2, 0.25) is 0 Å². The van der Waals surface area contributed by atoms with Crippen LogP contribution in [0.1, 0.15) is 34.0 Å². The number of carbonyl (C=O) groups is 1. The van der Waals surface area contributed by atoms with E-state index in [-0.39, 0.29) is 18.3 Å². The van der Waals surface area contributed by atoms with E-state index in [9.17, 15) is 14.4 Å². The van der Waals surface area contributed by atoms with Crippen LogP contribution >= 0.6 is 12.4 Å². The largest absolute Gasteiger partial charge is 0.348 e. The van der Waals surface area contributed by atoms with Crippen LogP contribution in [0.3, 0.4) is 0 Å². The van der Waals surface area contributed by atoms with Crippen LogP contribution in [-0.2, 0) is 26.2 Å². The molecule has 0 saturated heterocycles. The molecule has 146 valence electrons. The zero-order chi connectivity index (χ0) is 19.0. The van der Waals surface area contributed by atoms with Crippen molar-refractivity contribution in [1.29, 1.82) is 0 Å². The number of hydrogen-bond acceptors (Lipinski definition) is 4. The first-order valence-corrected chi connectivity index (χ1v) is 8.93. The van der Waals surface area contributed by atoms with Crippen molar-refractivity contribution in [3.63, 3.8) is 0 Å². The average Bonchev–Trinajstić information content (AvgIpc) is 3.14. The highest BCUT2D eigenvalue weighted by molar-refractivity contribution is 5.97. The molecule has 0 atom stereocenters. The molecule has 3 N–H and O–H groups in total. The van der Waals surface area contributed by atoms with Crippen molar-refractivity contribution in [3.05, 3.63) is 79.4 Å². The van der Waals surface area contributed by atoms with Gasteiger partial charge in [-0.25, -0.2) is 0 Å². The van der Waals surface area contributed by atoms with E-state index < -0.39 is 11.1 Å². The molecule has 7 nitrogen and oxygen atoms in total. The summed E-state index contributed by atoms with van der Waals surface area (Å²) in [6.45, 7) is 4.36. The van der Waals surface area contributed by atoms with Crippen LogP contribution in [0.4, 0.5) is 0 Å². The molecule has 1 aromatic heterocycles. The molecular weight excluding hydrogens is 380 g/mol. The summed E-state index contributed by atoms with van der Waals surface area (Å²) < 4.78 is 1.40. The SMILES string of the molecule is CCn1c(=O)c(=O)[nH]c2cc(C(=O)NCc3ccc4c(c3)CNC4)ccc21.Cl.